The second-order valence-corrected chi connectivity index (χ2v) is 10.1. The van der Waals surface area contributed by atoms with E-state index in [1.54, 1.807) is 25.7 Å². The maximum Gasteiger partial charge on any atom is 0.270 e. The number of nitrogens with zero attached hydrogens (tertiary/aromatic N) is 2. The van der Waals surface area contributed by atoms with Crippen LogP contribution in [0.2, 0.25) is 0 Å². The van der Waals surface area contributed by atoms with E-state index in [4.69, 9.17) is 4.74 Å². The normalized spacial score (nSPS) is 17.9. The number of hydrogen-bond acceptors (Lipinski definition) is 4. The Morgan fingerprint density at radius 3 is 2.43 bits per heavy atom. The Morgan fingerprint density at radius 1 is 1.20 bits per heavy atom. The van der Waals surface area contributed by atoms with E-state index in [2.05, 4.69) is 5.32 Å². The fraction of sp³-hybridized carbons (Fsp3) is 0.654. The van der Waals surface area contributed by atoms with E-state index in [0.29, 0.717) is 6.42 Å². The Hall–Kier alpha value is -2.71. The number of benzene rings is 1. The van der Waals surface area contributed by atoms with E-state index >= 15 is 0 Å². The van der Waals surface area contributed by atoms with Crippen LogP contribution in [-0.2, 0) is 9.59 Å². The maximum atomic E-state index is 14.2. The van der Waals surface area contributed by atoms with Gasteiger partial charge in [-0.1, -0.05) is 26.2 Å². The average Bonchev–Trinajstić information content (AvgIpc) is 2.80. The smallest absolute Gasteiger partial charge is 0.270 e. The van der Waals surface area contributed by atoms with Crippen LogP contribution in [0.5, 0.6) is 5.75 Å². The van der Waals surface area contributed by atoms with Gasteiger partial charge in [0, 0.05) is 37.2 Å². The maximum absolute atomic E-state index is 14.2. The lowest BCUT2D eigenvalue weighted by atomic mass is 9.92. The third-order valence-corrected chi connectivity index (χ3v) is 6.75. The molecule has 1 saturated carbocycles. The number of rotatable bonds is 8. The first-order chi connectivity index (χ1) is 16.5. The highest BCUT2D eigenvalue weighted by molar-refractivity contribution is 6.05. The molecule has 1 aliphatic carbocycles. The van der Waals surface area contributed by atoms with Crippen LogP contribution in [0.3, 0.4) is 0 Å². The van der Waals surface area contributed by atoms with Gasteiger partial charge in [-0.3, -0.25) is 14.4 Å². The van der Waals surface area contributed by atoms with Gasteiger partial charge in [0.25, 0.3) is 18.2 Å². The summed E-state index contributed by atoms with van der Waals surface area (Å²) in [5.41, 5.74) is -1.53. The third kappa shape index (κ3) is 5.76. The van der Waals surface area contributed by atoms with Crippen molar-refractivity contribution in [3.8, 4) is 5.75 Å². The van der Waals surface area contributed by atoms with Gasteiger partial charge < -0.3 is 19.9 Å². The van der Waals surface area contributed by atoms with E-state index in [0.717, 1.165) is 32.1 Å². The average molecular weight is 494 g/mol. The number of carbonyl (C=O) groups is 3. The number of alkyl halides is 2. The van der Waals surface area contributed by atoms with E-state index < -0.39 is 23.5 Å². The lowest BCUT2D eigenvalue weighted by Crippen LogP contribution is -2.54. The first-order valence-electron chi connectivity index (χ1n) is 12.5. The monoisotopic (exact) mass is 493 g/mol. The van der Waals surface area contributed by atoms with Crippen LogP contribution < -0.4 is 15.0 Å². The summed E-state index contributed by atoms with van der Waals surface area (Å²) in [6.07, 6.45) is 2.22. The molecule has 9 heteroatoms. The number of anilines is 1. The minimum atomic E-state index is -2.89. The van der Waals surface area contributed by atoms with Gasteiger partial charge in [0.15, 0.2) is 5.60 Å². The van der Waals surface area contributed by atoms with Crippen LogP contribution in [0.25, 0.3) is 0 Å². The van der Waals surface area contributed by atoms with Crippen LogP contribution in [0.1, 0.15) is 95.5 Å². The Kier molecular flexibility index (Phi) is 8.38. The minimum Gasteiger partial charge on any atom is -0.476 e. The number of ether oxygens (including phenoxy) is 1. The second kappa shape index (κ2) is 10.9. The molecule has 194 valence electrons. The topological polar surface area (TPSA) is 79.0 Å². The molecule has 1 aliphatic heterocycles. The van der Waals surface area contributed by atoms with E-state index in [1.807, 2.05) is 13.8 Å². The molecule has 2 aliphatic rings. The Balaban J connectivity index is 2.05. The fourth-order valence-corrected chi connectivity index (χ4v) is 4.97. The fourth-order valence-electron chi connectivity index (χ4n) is 4.97. The predicted octanol–water partition coefficient (Wildman–Crippen LogP) is 4.84. The van der Waals surface area contributed by atoms with Crippen LogP contribution >= 0.6 is 0 Å². The van der Waals surface area contributed by atoms with Crippen LogP contribution in [0.15, 0.2) is 12.1 Å². The molecule has 0 radical (unpaired) electrons. The Labute approximate surface area is 206 Å². The molecule has 0 atom stereocenters. The van der Waals surface area contributed by atoms with Crippen molar-refractivity contribution in [3.63, 3.8) is 0 Å². The number of fused-ring (bicyclic) bond motifs is 1. The van der Waals surface area contributed by atoms with E-state index in [1.165, 1.54) is 17.0 Å². The molecule has 0 unspecified atom stereocenters. The first kappa shape index (κ1) is 26.9. The molecule has 3 amide bonds. The molecule has 3 rings (SSSR count). The molecule has 1 aromatic carbocycles. The summed E-state index contributed by atoms with van der Waals surface area (Å²) in [5, 5.41) is 2.73. The lowest BCUT2D eigenvalue weighted by molar-refractivity contribution is -0.132. The molecular weight excluding hydrogens is 456 g/mol. The molecule has 0 saturated heterocycles. The second-order valence-electron chi connectivity index (χ2n) is 10.1. The van der Waals surface area contributed by atoms with Gasteiger partial charge in [-0.05, 0) is 52.7 Å². The first-order valence-corrected chi connectivity index (χ1v) is 12.5. The van der Waals surface area contributed by atoms with Crippen LogP contribution in [0, 0.1) is 0 Å². The summed E-state index contributed by atoms with van der Waals surface area (Å²) in [7, 11) is 0. The molecule has 7 nitrogen and oxygen atoms in total. The highest BCUT2D eigenvalue weighted by Gasteiger charge is 2.42. The summed E-state index contributed by atoms with van der Waals surface area (Å²) in [6, 6.07) is 2.39. The summed E-state index contributed by atoms with van der Waals surface area (Å²) in [4.78, 5) is 41.8. The molecule has 35 heavy (non-hydrogen) atoms. The molecule has 0 bridgehead atoms. The molecule has 1 heterocycles. The van der Waals surface area contributed by atoms with Crippen molar-refractivity contribution in [2.45, 2.75) is 97.3 Å². The van der Waals surface area contributed by atoms with Gasteiger partial charge in [-0.25, -0.2) is 8.78 Å². The highest BCUT2D eigenvalue weighted by Crippen LogP contribution is 2.42. The summed E-state index contributed by atoms with van der Waals surface area (Å²) >= 11 is 0. The quantitative estimate of drug-likeness (QED) is 0.562. The van der Waals surface area contributed by atoms with Gasteiger partial charge in [-0.15, -0.1) is 0 Å². The van der Waals surface area contributed by atoms with Crippen molar-refractivity contribution < 1.29 is 27.9 Å². The summed E-state index contributed by atoms with van der Waals surface area (Å²) in [5.74, 6) is -0.861. The Bertz CT molecular complexity index is 958. The molecule has 1 N–H and O–H groups in total. The minimum absolute atomic E-state index is 0.00465. The zero-order valence-electron chi connectivity index (χ0n) is 21.3. The number of nitrogens with one attached hydrogen (secondary N) is 1. The lowest BCUT2D eigenvalue weighted by Gasteiger charge is -2.40. The van der Waals surface area contributed by atoms with Gasteiger partial charge >= 0.3 is 0 Å². The van der Waals surface area contributed by atoms with Gasteiger partial charge in [0.05, 0.1) is 11.3 Å². The number of hydrogen-bond donors (Lipinski definition) is 1. The van der Waals surface area contributed by atoms with Crippen molar-refractivity contribution in [1.29, 1.82) is 0 Å². The standard InChI is InChI=1S/C26H37F2N3O4/c1-6-22(32)29-12-13-30-20-14-19(24(33)31(16(2)3)17-10-8-7-9-11-17)18(23(27)28)15-21(20)35-26(4,5)25(30)34/h14-17,23H,6-13H2,1-5H3,(H,29,32). The van der Waals surface area contributed by atoms with Gasteiger partial charge in [-0.2, -0.15) is 0 Å². The zero-order valence-corrected chi connectivity index (χ0v) is 21.3. The van der Waals surface area contributed by atoms with Crippen molar-refractivity contribution in [2.24, 2.45) is 0 Å². The van der Waals surface area contributed by atoms with Crippen LogP contribution in [0.4, 0.5) is 14.5 Å². The van der Waals surface area contributed by atoms with Crippen molar-refractivity contribution in [3.05, 3.63) is 23.3 Å². The number of halogens is 2. The molecule has 1 fully saturated rings. The van der Waals surface area contributed by atoms with Crippen molar-refractivity contribution in [2.75, 3.05) is 18.0 Å². The molecule has 1 aromatic rings. The highest BCUT2D eigenvalue weighted by atomic mass is 19.3. The molecule has 0 aromatic heterocycles. The summed E-state index contributed by atoms with van der Waals surface area (Å²) in [6.45, 7) is 8.97. The molecule has 0 spiro atoms. The van der Waals surface area contributed by atoms with Crippen molar-refractivity contribution >= 4 is 23.4 Å². The predicted molar refractivity (Wildman–Crippen MR) is 130 cm³/mol. The molecular formula is C26H37F2N3O4. The number of amides is 3. The van der Waals surface area contributed by atoms with Gasteiger partial charge in [0.2, 0.25) is 5.91 Å². The largest absolute Gasteiger partial charge is 0.476 e. The van der Waals surface area contributed by atoms with E-state index in [9.17, 15) is 23.2 Å². The number of carbonyl (C=O) groups excluding carboxylic acids is 3. The van der Waals surface area contributed by atoms with Crippen LogP contribution in [-0.4, -0.2) is 53.4 Å². The van der Waals surface area contributed by atoms with Gasteiger partial charge in [0.1, 0.15) is 5.75 Å². The SMILES string of the molecule is CCC(=O)NCCN1C(=O)C(C)(C)Oc2cc(C(F)F)c(C(=O)N(C(C)C)C3CCCCC3)cc21. The van der Waals surface area contributed by atoms with E-state index in [-0.39, 0.29) is 54.0 Å². The zero-order chi connectivity index (χ0) is 25.9. The summed E-state index contributed by atoms with van der Waals surface area (Å²) < 4.78 is 34.2. The van der Waals surface area contributed by atoms with Crippen molar-refractivity contribution in [1.82, 2.24) is 10.2 Å². The third-order valence-electron chi connectivity index (χ3n) is 6.75. The Morgan fingerprint density at radius 2 is 1.86 bits per heavy atom.